The van der Waals surface area contributed by atoms with Crippen molar-refractivity contribution in [3.63, 3.8) is 0 Å². The fourth-order valence-electron chi connectivity index (χ4n) is 1.83. The molecule has 0 aromatic heterocycles. The number of hydrogen-bond donors (Lipinski definition) is 2. The van der Waals surface area contributed by atoms with Crippen LogP contribution < -0.4 is 11.1 Å². The molecule has 1 aliphatic rings. The number of rotatable bonds is 8. The van der Waals surface area contributed by atoms with Crippen molar-refractivity contribution >= 4 is 0 Å². The van der Waals surface area contributed by atoms with Crippen LogP contribution in [-0.4, -0.2) is 32.3 Å². The number of nitrogens with two attached hydrogens (primary N) is 1. The lowest BCUT2D eigenvalue weighted by atomic mass is 9.96. The van der Waals surface area contributed by atoms with Crippen LogP contribution in [0.3, 0.4) is 0 Å². The molecule has 2 atom stereocenters. The van der Waals surface area contributed by atoms with Crippen molar-refractivity contribution in [1.29, 1.82) is 0 Å². The summed E-state index contributed by atoms with van der Waals surface area (Å²) in [5.41, 5.74) is 5.85. The summed E-state index contributed by atoms with van der Waals surface area (Å²) < 4.78 is 5.11. The van der Waals surface area contributed by atoms with E-state index in [9.17, 15) is 0 Å². The number of ether oxygens (including phenoxy) is 1. The Hall–Kier alpha value is -0.120. The zero-order valence-corrected chi connectivity index (χ0v) is 10.4. The Bertz CT molecular complexity index is 182. The van der Waals surface area contributed by atoms with Crippen molar-refractivity contribution in [2.75, 3.05) is 26.8 Å². The first-order chi connectivity index (χ1) is 7.11. The lowest BCUT2D eigenvalue weighted by Gasteiger charge is -2.31. The van der Waals surface area contributed by atoms with E-state index in [0.717, 1.165) is 31.4 Å². The summed E-state index contributed by atoms with van der Waals surface area (Å²) >= 11 is 0. The predicted octanol–water partition coefficient (Wildman–Crippen LogP) is 1.38. The molecule has 0 heterocycles. The van der Waals surface area contributed by atoms with Gasteiger partial charge in [-0.05, 0) is 44.6 Å². The molecule has 15 heavy (non-hydrogen) atoms. The van der Waals surface area contributed by atoms with Crippen molar-refractivity contribution in [2.24, 2.45) is 17.6 Å². The molecule has 90 valence electrons. The van der Waals surface area contributed by atoms with E-state index in [4.69, 9.17) is 10.5 Å². The first-order valence-electron chi connectivity index (χ1n) is 6.05. The maximum absolute atomic E-state index is 5.81. The van der Waals surface area contributed by atoms with Crippen molar-refractivity contribution in [3.05, 3.63) is 0 Å². The van der Waals surface area contributed by atoms with E-state index in [1.165, 1.54) is 12.8 Å². The Morgan fingerprint density at radius 1 is 1.53 bits per heavy atom. The lowest BCUT2D eigenvalue weighted by molar-refractivity contribution is 0.159. The van der Waals surface area contributed by atoms with Crippen molar-refractivity contribution in [2.45, 2.75) is 38.6 Å². The van der Waals surface area contributed by atoms with Crippen LogP contribution in [0.2, 0.25) is 0 Å². The van der Waals surface area contributed by atoms with Crippen LogP contribution in [0, 0.1) is 11.8 Å². The van der Waals surface area contributed by atoms with Crippen molar-refractivity contribution in [3.8, 4) is 0 Å². The third kappa shape index (κ3) is 4.49. The maximum atomic E-state index is 5.81. The van der Waals surface area contributed by atoms with E-state index >= 15 is 0 Å². The Kier molecular flexibility index (Phi) is 5.03. The quantitative estimate of drug-likeness (QED) is 0.641. The third-order valence-electron chi connectivity index (χ3n) is 3.59. The highest BCUT2D eigenvalue weighted by Gasteiger charge is 2.29. The van der Waals surface area contributed by atoms with Crippen LogP contribution in [0.4, 0.5) is 0 Å². The van der Waals surface area contributed by atoms with Gasteiger partial charge in [-0.1, -0.05) is 6.92 Å². The Morgan fingerprint density at radius 2 is 2.20 bits per heavy atom. The van der Waals surface area contributed by atoms with Crippen LogP contribution in [0.5, 0.6) is 0 Å². The third-order valence-corrected chi connectivity index (χ3v) is 3.59. The Labute approximate surface area is 93.8 Å². The molecule has 0 spiro atoms. The Balaban J connectivity index is 2.24. The molecule has 3 heteroatoms. The van der Waals surface area contributed by atoms with E-state index in [0.29, 0.717) is 6.54 Å². The van der Waals surface area contributed by atoms with Crippen LogP contribution in [-0.2, 0) is 4.74 Å². The van der Waals surface area contributed by atoms with Crippen LogP contribution in [0.1, 0.15) is 33.1 Å². The zero-order valence-electron chi connectivity index (χ0n) is 10.4. The van der Waals surface area contributed by atoms with Gasteiger partial charge in [-0.3, -0.25) is 0 Å². The molecule has 3 N–H and O–H groups in total. The van der Waals surface area contributed by atoms with E-state index < -0.39 is 0 Å². The van der Waals surface area contributed by atoms with Crippen molar-refractivity contribution in [1.82, 2.24) is 5.32 Å². The second-order valence-corrected chi connectivity index (χ2v) is 5.20. The highest BCUT2D eigenvalue weighted by molar-refractivity contribution is 4.87. The van der Waals surface area contributed by atoms with E-state index in [-0.39, 0.29) is 5.54 Å². The molecule has 0 aromatic rings. The molecule has 0 saturated heterocycles. The van der Waals surface area contributed by atoms with Crippen LogP contribution >= 0.6 is 0 Å². The lowest BCUT2D eigenvalue weighted by Crippen LogP contribution is -2.50. The Morgan fingerprint density at radius 3 is 2.67 bits per heavy atom. The molecule has 0 radical (unpaired) electrons. The van der Waals surface area contributed by atoms with Gasteiger partial charge in [0.2, 0.25) is 0 Å². The molecule has 0 aliphatic heterocycles. The first kappa shape index (κ1) is 12.9. The molecule has 3 nitrogen and oxygen atoms in total. The molecule has 1 saturated carbocycles. The molecule has 2 unspecified atom stereocenters. The molecule has 0 amide bonds. The second kappa shape index (κ2) is 5.83. The van der Waals surface area contributed by atoms with E-state index in [2.05, 4.69) is 19.2 Å². The number of methoxy groups -OCH3 is 1. The highest BCUT2D eigenvalue weighted by Crippen LogP contribution is 2.36. The monoisotopic (exact) mass is 214 g/mol. The molecular weight excluding hydrogens is 188 g/mol. The van der Waals surface area contributed by atoms with Crippen molar-refractivity contribution < 1.29 is 4.74 Å². The van der Waals surface area contributed by atoms with Crippen LogP contribution in [0.25, 0.3) is 0 Å². The van der Waals surface area contributed by atoms with Gasteiger partial charge < -0.3 is 15.8 Å². The van der Waals surface area contributed by atoms with Gasteiger partial charge in [-0.15, -0.1) is 0 Å². The largest absolute Gasteiger partial charge is 0.385 e. The topological polar surface area (TPSA) is 47.3 Å². The normalized spacial score (nSPS) is 22.4. The average molecular weight is 214 g/mol. The van der Waals surface area contributed by atoms with Gasteiger partial charge in [0.1, 0.15) is 0 Å². The molecule has 0 bridgehead atoms. The standard InChI is InChI=1S/C12H26N2O/c1-10(11-4-5-11)8-14-12(2,9-13)6-7-15-3/h10-11,14H,4-9,13H2,1-3H3. The number of hydrogen-bond acceptors (Lipinski definition) is 3. The summed E-state index contributed by atoms with van der Waals surface area (Å²) in [6.45, 7) is 7.05. The van der Waals surface area contributed by atoms with Gasteiger partial charge >= 0.3 is 0 Å². The summed E-state index contributed by atoms with van der Waals surface area (Å²) in [4.78, 5) is 0. The van der Waals surface area contributed by atoms with Gasteiger partial charge in [0.25, 0.3) is 0 Å². The van der Waals surface area contributed by atoms with E-state index in [1.54, 1.807) is 7.11 Å². The fourth-order valence-corrected chi connectivity index (χ4v) is 1.83. The molecule has 0 aromatic carbocycles. The first-order valence-corrected chi connectivity index (χ1v) is 6.05. The van der Waals surface area contributed by atoms with E-state index in [1.807, 2.05) is 0 Å². The summed E-state index contributed by atoms with van der Waals surface area (Å²) in [7, 11) is 1.74. The molecule has 1 aliphatic carbocycles. The predicted molar refractivity (Wildman–Crippen MR) is 63.8 cm³/mol. The molecule has 1 rings (SSSR count). The van der Waals surface area contributed by atoms with Gasteiger partial charge in [0.05, 0.1) is 0 Å². The van der Waals surface area contributed by atoms with Gasteiger partial charge in [0, 0.05) is 25.8 Å². The minimum atomic E-state index is 0.0408. The minimum absolute atomic E-state index is 0.0408. The fraction of sp³-hybridized carbons (Fsp3) is 1.00. The SMILES string of the molecule is COCCC(C)(CN)NCC(C)C1CC1. The molecule has 1 fully saturated rings. The molecular formula is C12H26N2O. The number of nitrogens with one attached hydrogen (secondary N) is 1. The second-order valence-electron chi connectivity index (χ2n) is 5.20. The highest BCUT2D eigenvalue weighted by atomic mass is 16.5. The van der Waals surface area contributed by atoms with Gasteiger partial charge in [-0.25, -0.2) is 0 Å². The minimum Gasteiger partial charge on any atom is -0.385 e. The zero-order chi connectivity index (χ0) is 11.3. The maximum Gasteiger partial charge on any atom is 0.0480 e. The summed E-state index contributed by atoms with van der Waals surface area (Å²) in [5.74, 6) is 1.75. The van der Waals surface area contributed by atoms with Crippen LogP contribution in [0.15, 0.2) is 0 Å². The van der Waals surface area contributed by atoms with Gasteiger partial charge in [-0.2, -0.15) is 0 Å². The van der Waals surface area contributed by atoms with Gasteiger partial charge in [0.15, 0.2) is 0 Å². The summed E-state index contributed by atoms with van der Waals surface area (Å²) in [6, 6.07) is 0. The smallest absolute Gasteiger partial charge is 0.0480 e. The average Bonchev–Trinajstić information content (AvgIpc) is 3.07. The summed E-state index contributed by atoms with van der Waals surface area (Å²) in [6.07, 6.45) is 3.82. The summed E-state index contributed by atoms with van der Waals surface area (Å²) in [5, 5.41) is 3.60.